The molecule has 14 heteroatoms. The maximum absolute atomic E-state index is 13.7. The van der Waals surface area contributed by atoms with Gasteiger partial charge in [0.1, 0.15) is 36.2 Å². The zero-order valence-electron chi connectivity index (χ0n) is 21.4. The fraction of sp³-hybridized carbons (Fsp3) is 0.296. The first-order chi connectivity index (χ1) is 19.7. The molecular formula is C27H25Cl2N7O5. The van der Waals surface area contributed by atoms with E-state index in [0.29, 0.717) is 26.8 Å². The first-order valence-corrected chi connectivity index (χ1v) is 13.5. The largest absolute Gasteiger partial charge is 0.387 e. The maximum atomic E-state index is 13.7. The van der Waals surface area contributed by atoms with Crippen LogP contribution in [-0.4, -0.2) is 82.4 Å². The van der Waals surface area contributed by atoms with Crippen LogP contribution in [0.1, 0.15) is 17.4 Å². The number of carbonyl (C=O) groups is 2. The molecule has 0 bridgehead atoms. The summed E-state index contributed by atoms with van der Waals surface area (Å²) >= 11 is 12.4. The number of hydrogen-bond donors (Lipinski definition) is 3. The van der Waals surface area contributed by atoms with Crippen LogP contribution >= 0.6 is 23.2 Å². The summed E-state index contributed by atoms with van der Waals surface area (Å²) in [5.41, 5.74) is 7.98. The number of nitrogens with two attached hydrogens (primary N) is 1. The third-order valence-corrected chi connectivity index (χ3v) is 7.98. The Labute approximate surface area is 243 Å². The van der Waals surface area contributed by atoms with Crippen LogP contribution in [0.4, 0.5) is 10.6 Å². The number of hydrogen-bond acceptors (Lipinski definition) is 9. The summed E-state index contributed by atoms with van der Waals surface area (Å²) in [4.78, 5) is 42.2. The summed E-state index contributed by atoms with van der Waals surface area (Å²) in [6.07, 6.45) is -2.09. The molecule has 4 aromatic rings. The minimum atomic E-state index is -1.41. The lowest BCUT2D eigenvalue weighted by atomic mass is 10.0. The van der Waals surface area contributed by atoms with Crippen molar-refractivity contribution in [2.75, 3.05) is 12.3 Å². The molecule has 2 aliphatic rings. The molecule has 4 heterocycles. The van der Waals surface area contributed by atoms with Crippen molar-refractivity contribution in [3.8, 4) is 0 Å². The molecule has 0 aliphatic carbocycles. The van der Waals surface area contributed by atoms with Crippen molar-refractivity contribution in [3.63, 3.8) is 0 Å². The zero-order chi connectivity index (χ0) is 28.8. The van der Waals surface area contributed by atoms with Crippen molar-refractivity contribution in [2.24, 2.45) is 0 Å². The molecular weight excluding hydrogens is 573 g/mol. The molecule has 0 radical (unpaired) electrons. The normalized spacial score (nSPS) is 24.6. The molecule has 0 unspecified atom stereocenters. The van der Waals surface area contributed by atoms with Gasteiger partial charge in [-0.1, -0.05) is 59.6 Å². The molecule has 2 aliphatic heterocycles. The highest BCUT2D eigenvalue weighted by Gasteiger charge is 2.50. The van der Waals surface area contributed by atoms with Gasteiger partial charge in [0.25, 0.3) is 5.91 Å². The van der Waals surface area contributed by atoms with Gasteiger partial charge in [0.2, 0.25) is 0 Å². The molecule has 12 nitrogen and oxygen atoms in total. The SMILES string of the molecule is Nc1ncnc2c1ncn2[C@@H]1O[C@H](CN2C(=O)[C@H](Cc3ccccc3)N(Cc3ccc(Cl)cc3Cl)C2=O)[C@@H](O)[C@H]1O. The van der Waals surface area contributed by atoms with Crippen LogP contribution < -0.4 is 5.73 Å². The topological polar surface area (TPSA) is 160 Å². The highest BCUT2D eigenvalue weighted by molar-refractivity contribution is 6.35. The van der Waals surface area contributed by atoms with Gasteiger partial charge in [0.05, 0.1) is 12.9 Å². The first kappa shape index (κ1) is 27.4. The Kier molecular flexibility index (Phi) is 7.26. The molecule has 0 saturated carbocycles. The number of rotatable bonds is 7. The molecule has 2 fully saturated rings. The molecule has 0 spiro atoms. The second-order valence-electron chi connectivity index (χ2n) is 9.93. The molecule has 4 N–H and O–H groups in total. The molecule has 212 valence electrons. The summed E-state index contributed by atoms with van der Waals surface area (Å²) in [7, 11) is 0. The second-order valence-corrected chi connectivity index (χ2v) is 10.8. The van der Waals surface area contributed by atoms with E-state index in [9.17, 15) is 19.8 Å². The predicted octanol–water partition coefficient (Wildman–Crippen LogP) is 2.41. The van der Waals surface area contributed by atoms with Gasteiger partial charge in [-0.05, 0) is 23.3 Å². The van der Waals surface area contributed by atoms with Gasteiger partial charge in [0.15, 0.2) is 17.7 Å². The quantitative estimate of drug-likeness (QED) is 0.272. The average Bonchev–Trinajstić information content (AvgIpc) is 3.57. The number of ether oxygens (including phenoxy) is 1. The standard InChI is InChI=1S/C27H25Cl2N7O5/c28-16-7-6-15(17(29)9-16)10-34-18(8-14-4-2-1-3-5-14)25(39)35(27(34)40)11-19-21(37)22(38)26(41-19)36-13-33-20-23(30)31-12-32-24(20)36/h1-7,9,12-13,18-19,21-22,26,37-38H,8,10-11H2,(H2,30,31,32)/t18-,19+,21+,22+,26+/m0/s1. The Morgan fingerprint density at radius 2 is 1.78 bits per heavy atom. The number of aliphatic hydroxyl groups is 2. The lowest BCUT2D eigenvalue weighted by Crippen LogP contribution is -2.43. The van der Waals surface area contributed by atoms with Crippen molar-refractivity contribution in [1.82, 2.24) is 29.3 Å². The minimum Gasteiger partial charge on any atom is -0.387 e. The fourth-order valence-corrected chi connectivity index (χ4v) is 5.72. The van der Waals surface area contributed by atoms with E-state index in [1.807, 2.05) is 30.3 Å². The molecule has 2 aromatic carbocycles. The van der Waals surface area contributed by atoms with Gasteiger partial charge in [-0.2, -0.15) is 0 Å². The molecule has 41 heavy (non-hydrogen) atoms. The predicted molar refractivity (Wildman–Crippen MR) is 149 cm³/mol. The van der Waals surface area contributed by atoms with E-state index in [1.54, 1.807) is 18.2 Å². The highest BCUT2D eigenvalue weighted by atomic mass is 35.5. The number of halogens is 2. The number of nitrogen functional groups attached to an aromatic ring is 1. The third kappa shape index (κ3) is 4.98. The number of nitrogens with zero attached hydrogens (tertiary/aromatic N) is 6. The fourth-order valence-electron chi connectivity index (χ4n) is 5.26. The Morgan fingerprint density at radius 3 is 2.54 bits per heavy atom. The summed E-state index contributed by atoms with van der Waals surface area (Å²) in [6.45, 7) is -0.220. The van der Waals surface area contributed by atoms with Crippen LogP contribution in [0.5, 0.6) is 0 Å². The van der Waals surface area contributed by atoms with E-state index >= 15 is 0 Å². The Bertz CT molecular complexity index is 1620. The van der Waals surface area contributed by atoms with Crippen molar-refractivity contribution < 1.29 is 24.5 Å². The molecule has 2 aromatic heterocycles. The van der Waals surface area contributed by atoms with E-state index < -0.39 is 42.5 Å². The monoisotopic (exact) mass is 597 g/mol. The number of imide groups is 1. The lowest BCUT2D eigenvalue weighted by molar-refractivity contribution is -0.130. The van der Waals surface area contributed by atoms with Gasteiger partial charge in [0, 0.05) is 23.0 Å². The third-order valence-electron chi connectivity index (χ3n) is 7.39. The number of anilines is 1. The smallest absolute Gasteiger partial charge is 0.327 e. The average molecular weight is 598 g/mol. The van der Waals surface area contributed by atoms with Crippen LogP contribution in [-0.2, 0) is 22.5 Å². The number of benzene rings is 2. The molecule has 3 amide bonds. The number of aromatic nitrogens is 4. The maximum Gasteiger partial charge on any atom is 0.327 e. The van der Waals surface area contributed by atoms with Gasteiger partial charge in [-0.15, -0.1) is 0 Å². The Balaban J connectivity index is 1.26. The van der Waals surface area contributed by atoms with Crippen LogP contribution in [0.3, 0.4) is 0 Å². The summed E-state index contributed by atoms with van der Waals surface area (Å²) < 4.78 is 7.43. The molecule has 5 atom stereocenters. The van der Waals surface area contributed by atoms with E-state index in [-0.39, 0.29) is 25.3 Å². The van der Waals surface area contributed by atoms with Gasteiger partial charge in [-0.25, -0.2) is 19.7 Å². The van der Waals surface area contributed by atoms with E-state index in [1.165, 1.54) is 22.1 Å². The number of urea groups is 1. The van der Waals surface area contributed by atoms with Crippen LogP contribution in [0.25, 0.3) is 11.2 Å². The number of imidazole rings is 1. The van der Waals surface area contributed by atoms with Crippen LogP contribution in [0, 0.1) is 0 Å². The zero-order valence-corrected chi connectivity index (χ0v) is 22.9. The molecule has 6 rings (SSSR count). The van der Waals surface area contributed by atoms with Crippen molar-refractivity contribution in [1.29, 1.82) is 0 Å². The minimum absolute atomic E-state index is 0.0655. The summed E-state index contributed by atoms with van der Waals surface area (Å²) in [5, 5.41) is 22.6. The van der Waals surface area contributed by atoms with Crippen LogP contribution in [0.2, 0.25) is 10.0 Å². The van der Waals surface area contributed by atoms with Crippen molar-refractivity contribution in [3.05, 3.63) is 82.4 Å². The van der Waals surface area contributed by atoms with Gasteiger partial charge < -0.3 is 25.6 Å². The Morgan fingerprint density at radius 1 is 1.00 bits per heavy atom. The number of amides is 3. The van der Waals surface area contributed by atoms with Crippen molar-refractivity contribution >= 4 is 52.1 Å². The highest BCUT2D eigenvalue weighted by Crippen LogP contribution is 2.34. The van der Waals surface area contributed by atoms with E-state index in [2.05, 4.69) is 15.0 Å². The van der Waals surface area contributed by atoms with Gasteiger partial charge in [-0.3, -0.25) is 14.3 Å². The summed E-state index contributed by atoms with van der Waals surface area (Å²) in [6, 6.07) is 12.9. The van der Waals surface area contributed by atoms with Crippen molar-refractivity contribution in [2.45, 2.75) is 43.5 Å². The number of carbonyl (C=O) groups excluding carboxylic acids is 2. The number of fused-ring (bicyclic) bond motifs is 1. The second kappa shape index (κ2) is 10.9. The molecule has 2 saturated heterocycles. The van der Waals surface area contributed by atoms with E-state index in [4.69, 9.17) is 33.7 Å². The first-order valence-electron chi connectivity index (χ1n) is 12.8. The Hall–Kier alpha value is -3.81. The summed E-state index contributed by atoms with van der Waals surface area (Å²) in [5.74, 6) is -0.303. The van der Waals surface area contributed by atoms with Gasteiger partial charge >= 0.3 is 6.03 Å². The lowest BCUT2D eigenvalue weighted by Gasteiger charge is -2.23. The van der Waals surface area contributed by atoms with Crippen LogP contribution in [0.15, 0.2) is 61.2 Å². The number of aliphatic hydroxyl groups excluding tert-OH is 2. The van der Waals surface area contributed by atoms with E-state index in [0.717, 1.165) is 10.5 Å².